The van der Waals surface area contributed by atoms with E-state index in [9.17, 15) is 0 Å². The third-order valence-electron chi connectivity index (χ3n) is 2.15. The molecule has 0 saturated carbocycles. The number of hydrogen-bond donors (Lipinski definition) is 0. The lowest BCUT2D eigenvalue weighted by Crippen LogP contribution is -1.93. The first kappa shape index (κ1) is 10.9. The Balaban J connectivity index is 2.32. The van der Waals surface area contributed by atoms with Gasteiger partial charge in [-0.2, -0.15) is 5.26 Å². The molecule has 3 nitrogen and oxygen atoms in total. The van der Waals surface area contributed by atoms with Gasteiger partial charge < -0.3 is 0 Å². The highest BCUT2D eigenvalue weighted by atomic mass is 32.2. The molecule has 0 bridgehead atoms. The summed E-state index contributed by atoms with van der Waals surface area (Å²) < 4.78 is 0. The minimum atomic E-state index is 0.540. The molecule has 0 amide bonds. The summed E-state index contributed by atoms with van der Waals surface area (Å²) in [6.45, 7) is 1.95. The lowest BCUT2D eigenvalue weighted by atomic mass is 10.3. The van der Waals surface area contributed by atoms with Gasteiger partial charge in [-0.25, -0.2) is 9.97 Å². The van der Waals surface area contributed by atoms with E-state index < -0.39 is 0 Å². The van der Waals surface area contributed by atoms with Crippen LogP contribution < -0.4 is 0 Å². The average molecular weight is 229 g/mol. The van der Waals surface area contributed by atoms with Gasteiger partial charge in [0, 0.05) is 12.2 Å². The van der Waals surface area contributed by atoms with Crippen LogP contribution in [0.4, 0.5) is 0 Å². The van der Waals surface area contributed by atoms with Crippen LogP contribution in [0.2, 0.25) is 0 Å². The van der Waals surface area contributed by atoms with Gasteiger partial charge in [0.25, 0.3) is 0 Å². The number of para-hydroxylation sites is 2. The van der Waals surface area contributed by atoms with Crippen LogP contribution in [-0.2, 0) is 0 Å². The molecular formula is C12H11N3S. The third kappa shape index (κ3) is 2.31. The molecule has 0 spiro atoms. The van der Waals surface area contributed by atoms with E-state index in [1.165, 1.54) is 0 Å². The zero-order valence-corrected chi connectivity index (χ0v) is 9.79. The normalized spacial score (nSPS) is 10.2. The van der Waals surface area contributed by atoms with Gasteiger partial charge in [-0.1, -0.05) is 12.1 Å². The van der Waals surface area contributed by atoms with Crippen molar-refractivity contribution in [2.45, 2.75) is 18.4 Å². The van der Waals surface area contributed by atoms with E-state index in [1.807, 2.05) is 31.2 Å². The van der Waals surface area contributed by atoms with Crippen molar-refractivity contribution in [1.82, 2.24) is 9.97 Å². The molecule has 0 radical (unpaired) electrons. The van der Waals surface area contributed by atoms with Gasteiger partial charge in [0.2, 0.25) is 0 Å². The molecule has 2 rings (SSSR count). The van der Waals surface area contributed by atoms with Crippen molar-refractivity contribution in [3.8, 4) is 6.07 Å². The number of nitrogens with zero attached hydrogens (tertiary/aromatic N) is 3. The van der Waals surface area contributed by atoms with E-state index in [-0.39, 0.29) is 0 Å². The van der Waals surface area contributed by atoms with Gasteiger partial charge in [-0.3, -0.25) is 0 Å². The highest BCUT2D eigenvalue weighted by molar-refractivity contribution is 7.99. The second-order valence-corrected chi connectivity index (χ2v) is 4.44. The van der Waals surface area contributed by atoms with Crippen molar-refractivity contribution in [3.05, 3.63) is 30.0 Å². The summed E-state index contributed by atoms with van der Waals surface area (Å²) in [5.74, 6) is 0.768. The van der Waals surface area contributed by atoms with Crippen molar-refractivity contribution in [3.63, 3.8) is 0 Å². The molecule has 0 aliphatic rings. The summed E-state index contributed by atoms with van der Waals surface area (Å²) >= 11 is 1.59. The van der Waals surface area contributed by atoms with Gasteiger partial charge in [0.1, 0.15) is 5.03 Å². The highest BCUT2D eigenvalue weighted by Gasteiger charge is 2.04. The minimum absolute atomic E-state index is 0.540. The first-order chi connectivity index (χ1) is 7.81. The Labute approximate surface area is 98.5 Å². The minimum Gasteiger partial charge on any atom is -0.249 e. The lowest BCUT2D eigenvalue weighted by molar-refractivity contribution is 1.04. The third-order valence-corrected chi connectivity index (χ3v) is 3.22. The van der Waals surface area contributed by atoms with Crippen LogP contribution in [-0.4, -0.2) is 15.7 Å². The molecule has 0 fully saturated rings. The Morgan fingerprint density at radius 2 is 1.94 bits per heavy atom. The Bertz CT molecular complexity index is 545. The number of aryl methyl sites for hydroxylation is 1. The molecule has 1 aromatic carbocycles. The van der Waals surface area contributed by atoms with E-state index in [0.717, 1.165) is 27.5 Å². The summed E-state index contributed by atoms with van der Waals surface area (Å²) in [5.41, 5.74) is 2.76. The molecule has 0 saturated heterocycles. The number of nitriles is 1. The van der Waals surface area contributed by atoms with Crippen molar-refractivity contribution in [2.24, 2.45) is 0 Å². The molecule has 1 aromatic heterocycles. The Morgan fingerprint density at radius 1 is 1.25 bits per heavy atom. The lowest BCUT2D eigenvalue weighted by Gasteiger charge is -2.04. The number of fused-ring (bicyclic) bond motifs is 1. The van der Waals surface area contributed by atoms with Crippen LogP contribution in [0.5, 0.6) is 0 Å². The molecular weight excluding hydrogens is 218 g/mol. The number of hydrogen-bond acceptors (Lipinski definition) is 4. The molecule has 0 aliphatic carbocycles. The standard InChI is InChI=1S/C12H11N3S/c1-9-12(16-8-4-7-13)15-11-6-3-2-5-10(11)14-9/h2-3,5-6H,4,8H2,1H3. The quantitative estimate of drug-likeness (QED) is 0.599. The first-order valence-corrected chi connectivity index (χ1v) is 6.03. The summed E-state index contributed by atoms with van der Waals surface area (Å²) in [7, 11) is 0. The maximum atomic E-state index is 8.49. The molecule has 16 heavy (non-hydrogen) atoms. The fourth-order valence-electron chi connectivity index (χ4n) is 1.40. The molecule has 0 aliphatic heterocycles. The number of aromatic nitrogens is 2. The summed E-state index contributed by atoms with van der Waals surface area (Å²) in [6, 6.07) is 9.95. The maximum Gasteiger partial charge on any atom is 0.118 e. The van der Waals surface area contributed by atoms with E-state index in [1.54, 1.807) is 11.8 Å². The van der Waals surface area contributed by atoms with Gasteiger partial charge in [0.05, 0.1) is 22.8 Å². The highest BCUT2D eigenvalue weighted by Crippen LogP contribution is 2.22. The zero-order chi connectivity index (χ0) is 11.4. The largest absolute Gasteiger partial charge is 0.249 e. The van der Waals surface area contributed by atoms with Crippen LogP contribution in [0, 0.1) is 18.3 Å². The molecule has 0 N–H and O–H groups in total. The molecule has 0 unspecified atom stereocenters. The molecule has 1 heterocycles. The van der Waals surface area contributed by atoms with E-state index in [0.29, 0.717) is 6.42 Å². The first-order valence-electron chi connectivity index (χ1n) is 5.04. The fraction of sp³-hybridized carbons (Fsp3) is 0.250. The summed E-state index contributed by atoms with van der Waals surface area (Å²) in [5, 5.41) is 9.41. The Hall–Kier alpha value is -1.60. The van der Waals surface area contributed by atoms with Crippen molar-refractivity contribution in [2.75, 3.05) is 5.75 Å². The van der Waals surface area contributed by atoms with Crippen molar-refractivity contribution in [1.29, 1.82) is 5.26 Å². The molecule has 80 valence electrons. The topological polar surface area (TPSA) is 49.6 Å². The number of thioether (sulfide) groups is 1. The van der Waals surface area contributed by atoms with Crippen molar-refractivity contribution < 1.29 is 0 Å². The Morgan fingerprint density at radius 3 is 2.62 bits per heavy atom. The maximum absolute atomic E-state index is 8.49. The zero-order valence-electron chi connectivity index (χ0n) is 8.97. The molecule has 4 heteroatoms. The van der Waals surface area contributed by atoms with Crippen LogP contribution in [0.3, 0.4) is 0 Å². The van der Waals surface area contributed by atoms with Crippen LogP contribution in [0.15, 0.2) is 29.3 Å². The summed E-state index contributed by atoms with van der Waals surface area (Å²) in [6.07, 6.45) is 0.540. The number of benzene rings is 1. The van der Waals surface area contributed by atoms with Crippen LogP contribution >= 0.6 is 11.8 Å². The predicted molar refractivity (Wildman–Crippen MR) is 65.2 cm³/mol. The predicted octanol–water partition coefficient (Wildman–Crippen LogP) is 2.94. The van der Waals surface area contributed by atoms with Crippen LogP contribution in [0.25, 0.3) is 11.0 Å². The van der Waals surface area contributed by atoms with E-state index >= 15 is 0 Å². The van der Waals surface area contributed by atoms with Crippen LogP contribution in [0.1, 0.15) is 12.1 Å². The fourth-order valence-corrected chi connectivity index (χ4v) is 2.21. The SMILES string of the molecule is Cc1nc2ccccc2nc1SCCC#N. The smallest absolute Gasteiger partial charge is 0.118 e. The Kier molecular flexibility index (Phi) is 3.37. The van der Waals surface area contributed by atoms with Gasteiger partial charge >= 0.3 is 0 Å². The molecule has 2 aromatic rings. The second-order valence-electron chi connectivity index (χ2n) is 3.36. The average Bonchev–Trinajstić information content (AvgIpc) is 2.30. The summed E-state index contributed by atoms with van der Waals surface area (Å²) in [4.78, 5) is 9.03. The monoisotopic (exact) mass is 229 g/mol. The van der Waals surface area contributed by atoms with E-state index in [4.69, 9.17) is 5.26 Å². The molecule has 0 atom stereocenters. The van der Waals surface area contributed by atoms with E-state index in [2.05, 4.69) is 16.0 Å². The van der Waals surface area contributed by atoms with Crippen molar-refractivity contribution >= 4 is 22.8 Å². The second kappa shape index (κ2) is 4.95. The van der Waals surface area contributed by atoms with Gasteiger partial charge in [0.15, 0.2) is 0 Å². The number of rotatable bonds is 3. The van der Waals surface area contributed by atoms with Gasteiger partial charge in [-0.05, 0) is 19.1 Å². The van der Waals surface area contributed by atoms with Gasteiger partial charge in [-0.15, -0.1) is 11.8 Å².